The zero-order valence-electron chi connectivity index (χ0n) is 16.4. The third-order valence-corrected chi connectivity index (χ3v) is 7.56. The molecule has 0 radical (unpaired) electrons. The second kappa shape index (κ2) is 9.69. The molecule has 1 aromatic rings. The van der Waals surface area contributed by atoms with Crippen LogP contribution in [0.4, 0.5) is 0 Å². The van der Waals surface area contributed by atoms with Crippen molar-refractivity contribution in [1.82, 2.24) is 9.62 Å². The Bertz CT molecular complexity index is 880. The molecule has 10 heteroatoms. The van der Waals surface area contributed by atoms with Gasteiger partial charge in [0.1, 0.15) is 0 Å². The van der Waals surface area contributed by atoms with Crippen LogP contribution >= 0.6 is 0 Å². The predicted molar refractivity (Wildman–Crippen MR) is 107 cm³/mol. The Labute approximate surface area is 175 Å². The molecule has 164 valence electrons. The fourth-order valence-corrected chi connectivity index (χ4v) is 5.32. The van der Waals surface area contributed by atoms with Crippen molar-refractivity contribution in [3.8, 4) is 0 Å². The van der Waals surface area contributed by atoms with E-state index in [2.05, 4.69) is 17.5 Å². The highest BCUT2D eigenvalue weighted by molar-refractivity contribution is 7.89. The van der Waals surface area contributed by atoms with E-state index in [1.54, 1.807) is 12.1 Å². The molecular formula is C20H26N2O7S. The molecule has 9 nitrogen and oxygen atoms in total. The Morgan fingerprint density at radius 1 is 1.10 bits per heavy atom. The number of rotatable bonds is 5. The number of ether oxygens (including phenoxy) is 1. The molecule has 1 aromatic carbocycles. The summed E-state index contributed by atoms with van der Waals surface area (Å²) < 4.78 is 31.9. The fraction of sp³-hybridized carbons (Fsp3) is 0.500. The van der Waals surface area contributed by atoms with E-state index in [-0.39, 0.29) is 0 Å². The van der Waals surface area contributed by atoms with Crippen LogP contribution in [0.3, 0.4) is 0 Å². The van der Waals surface area contributed by atoms with Gasteiger partial charge < -0.3 is 20.3 Å². The van der Waals surface area contributed by atoms with Gasteiger partial charge in [0.15, 0.2) is 0 Å². The van der Waals surface area contributed by atoms with Gasteiger partial charge in [-0.15, -0.1) is 0 Å². The summed E-state index contributed by atoms with van der Waals surface area (Å²) in [6.45, 7) is 2.60. The Hall–Kier alpha value is -2.27. The van der Waals surface area contributed by atoms with Crippen molar-refractivity contribution in [2.75, 3.05) is 26.3 Å². The maximum absolute atomic E-state index is 12.6. The van der Waals surface area contributed by atoms with Gasteiger partial charge in [0.2, 0.25) is 10.0 Å². The zero-order valence-corrected chi connectivity index (χ0v) is 17.3. The number of hydrogen-bond donors (Lipinski definition) is 3. The smallest absolute Gasteiger partial charge is 0.414 e. The first-order valence-electron chi connectivity index (χ1n) is 9.82. The summed E-state index contributed by atoms with van der Waals surface area (Å²) in [5.41, 5.74) is 1.13. The molecule has 0 aromatic heterocycles. The largest absolute Gasteiger partial charge is 0.473 e. The van der Waals surface area contributed by atoms with Crippen LogP contribution in [0, 0.1) is 11.8 Å². The maximum Gasteiger partial charge on any atom is 0.414 e. The third-order valence-electron chi connectivity index (χ3n) is 5.65. The van der Waals surface area contributed by atoms with Gasteiger partial charge in [-0.3, -0.25) is 0 Å². The third kappa shape index (κ3) is 5.25. The summed E-state index contributed by atoms with van der Waals surface area (Å²) in [5, 5.41) is 18.4. The molecule has 30 heavy (non-hydrogen) atoms. The molecule has 1 heterocycles. The minimum Gasteiger partial charge on any atom is -0.473 e. The van der Waals surface area contributed by atoms with Crippen molar-refractivity contribution in [3.05, 3.63) is 42.0 Å². The van der Waals surface area contributed by atoms with Gasteiger partial charge in [-0.2, -0.15) is 4.31 Å². The number of carboxylic acid groups (broad SMARTS) is 2. The number of morpholine rings is 1. The molecule has 0 spiro atoms. The molecule has 0 amide bonds. The van der Waals surface area contributed by atoms with E-state index < -0.39 is 22.0 Å². The monoisotopic (exact) mass is 438 g/mol. The first-order chi connectivity index (χ1) is 14.3. The van der Waals surface area contributed by atoms with E-state index in [1.807, 2.05) is 12.1 Å². The topological polar surface area (TPSA) is 133 Å². The summed E-state index contributed by atoms with van der Waals surface area (Å²) >= 11 is 0. The van der Waals surface area contributed by atoms with E-state index in [0.29, 0.717) is 43.2 Å². The molecule has 3 unspecified atom stereocenters. The summed E-state index contributed by atoms with van der Waals surface area (Å²) in [7, 11) is -3.39. The van der Waals surface area contributed by atoms with Crippen molar-refractivity contribution in [2.24, 2.45) is 11.8 Å². The van der Waals surface area contributed by atoms with Crippen molar-refractivity contribution in [1.29, 1.82) is 0 Å². The van der Waals surface area contributed by atoms with E-state index >= 15 is 0 Å². The minimum absolute atomic E-state index is 0.371. The average molecular weight is 439 g/mol. The molecule has 1 saturated carbocycles. The van der Waals surface area contributed by atoms with Crippen molar-refractivity contribution >= 4 is 22.0 Å². The number of sulfonamides is 1. The SMILES string of the molecule is O=C(O)C(=O)O.O=S(=O)(c1ccc(CNC2CC3CC=CC32)cc1)N1CCOCC1. The summed E-state index contributed by atoms with van der Waals surface area (Å²) in [4.78, 5) is 18.6. The summed E-state index contributed by atoms with van der Waals surface area (Å²) in [5.74, 6) is -2.10. The number of fused-ring (bicyclic) bond motifs is 1. The highest BCUT2D eigenvalue weighted by atomic mass is 32.2. The lowest BCUT2D eigenvalue weighted by Crippen LogP contribution is -2.47. The quantitative estimate of drug-likeness (QED) is 0.456. The Morgan fingerprint density at radius 2 is 1.73 bits per heavy atom. The van der Waals surface area contributed by atoms with E-state index in [4.69, 9.17) is 24.5 Å². The van der Waals surface area contributed by atoms with Crippen LogP contribution in [-0.2, 0) is 30.9 Å². The zero-order chi connectivity index (χ0) is 21.7. The number of aliphatic carboxylic acids is 2. The number of carboxylic acids is 2. The lowest BCUT2D eigenvalue weighted by molar-refractivity contribution is -0.159. The van der Waals surface area contributed by atoms with Gasteiger partial charge in [0.05, 0.1) is 18.1 Å². The van der Waals surface area contributed by atoms with Gasteiger partial charge >= 0.3 is 11.9 Å². The van der Waals surface area contributed by atoms with Gasteiger partial charge in [-0.25, -0.2) is 18.0 Å². The number of benzene rings is 1. The standard InChI is InChI=1S/C18H24N2O3S.C2H2O4/c21-24(22,20-8-10-23-11-9-20)16-6-4-14(5-7-16)13-19-18-12-15-2-1-3-17(15)18;3-1(4)2(5)6/h1,3-7,15,17-19H,2,8-13H2;(H,3,4)(H,5,6). The maximum atomic E-state index is 12.6. The van der Waals surface area contributed by atoms with Crippen LogP contribution in [0.5, 0.6) is 0 Å². The van der Waals surface area contributed by atoms with E-state index in [1.165, 1.54) is 17.1 Å². The molecule has 3 aliphatic rings. The number of allylic oxidation sites excluding steroid dienone is 1. The Kier molecular flexibility index (Phi) is 7.24. The average Bonchev–Trinajstić information content (AvgIpc) is 3.10. The highest BCUT2D eigenvalue weighted by Crippen LogP contribution is 2.42. The number of nitrogens with zero attached hydrogens (tertiary/aromatic N) is 1. The number of hydrogen-bond acceptors (Lipinski definition) is 6. The molecule has 1 saturated heterocycles. The highest BCUT2D eigenvalue weighted by Gasteiger charge is 2.40. The molecule has 2 aliphatic carbocycles. The lowest BCUT2D eigenvalue weighted by atomic mass is 9.71. The molecule has 0 bridgehead atoms. The van der Waals surface area contributed by atoms with Crippen LogP contribution in [0.15, 0.2) is 41.3 Å². The fourth-order valence-electron chi connectivity index (χ4n) is 3.91. The van der Waals surface area contributed by atoms with Gasteiger partial charge in [0.25, 0.3) is 0 Å². The second-order valence-corrected chi connectivity index (χ2v) is 9.43. The number of nitrogens with one attached hydrogen (secondary N) is 1. The van der Waals surface area contributed by atoms with Crippen LogP contribution in [0.2, 0.25) is 0 Å². The Morgan fingerprint density at radius 3 is 2.30 bits per heavy atom. The van der Waals surface area contributed by atoms with Gasteiger partial charge in [0, 0.05) is 25.7 Å². The molecule has 3 atom stereocenters. The summed E-state index contributed by atoms with van der Waals surface area (Å²) in [6.07, 6.45) is 7.12. The van der Waals surface area contributed by atoms with Crippen LogP contribution in [-0.4, -0.2) is 67.2 Å². The minimum atomic E-state index is -3.39. The predicted octanol–water partition coefficient (Wildman–Crippen LogP) is 0.917. The molecular weight excluding hydrogens is 412 g/mol. The van der Waals surface area contributed by atoms with Crippen LogP contribution < -0.4 is 5.32 Å². The van der Waals surface area contributed by atoms with E-state index in [0.717, 1.165) is 18.0 Å². The first kappa shape index (κ1) is 22.4. The molecule has 2 fully saturated rings. The Balaban J connectivity index is 0.000000377. The molecule has 1 aliphatic heterocycles. The lowest BCUT2D eigenvalue weighted by Gasteiger charge is -2.40. The van der Waals surface area contributed by atoms with Crippen LogP contribution in [0.1, 0.15) is 18.4 Å². The van der Waals surface area contributed by atoms with E-state index in [9.17, 15) is 8.42 Å². The van der Waals surface area contributed by atoms with Crippen molar-refractivity contribution < 1.29 is 33.0 Å². The van der Waals surface area contributed by atoms with Gasteiger partial charge in [-0.05, 0) is 42.4 Å². The summed E-state index contributed by atoms with van der Waals surface area (Å²) in [6, 6.07) is 7.86. The normalized spacial score (nSPS) is 25.5. The first-order valence-corrected chi connectivity index (χ1v) is 11.3. The molecule has 3 N–H and O–H groups in total. The van der Waals surface area contributed by atoms with Crippen molar-refractivity contribution in [3.63, 3.8) is 0 Å². The molecule has 4 rings (SSSR count). The second-order valence-electron chi connectivity index (χ2n) is 7.50. The van der Waals surface area contributed by atoms with Crippen molar-refractivity contribution in [2.45, 2.75) is 30.3 Å². The van der Waals surface area contributed by atoms with Gasteiger partial charge in [-0.1, -0.05) is 24.3 Å². The number of carbonyl (C=O) groups is 2. The van der Waals surface area contributed by atoms with Crippen LogP contribution in [0.25, 0.3) is 0 Å².